The Kier molecular flexibility index (Phi) is 6.46. The van der Waals surface area contributed by atoms with Crippen LogP contribution < -0.4 is 9.47 Å². The van der Waals surface area contributed by atoms with E-state index in [1.54, 1.807) is 17.0 Å². The first-order valence-corrected chi connectivity index (χ1v) is 12.1. The van der Waals surface area contributed by atoms with Gasteiger partial charge in [-0.3, -0.25) is 19.3 Å². The van der Waals surface area contributed by atoms with Crippen LogP contribution in [0.5, 0.6) is 11.5 Å². The molecule has 184 valence electrons. The zero-order chi connectivity index (χ0) is 25.1. The molecular weight excluding hydrogens is 456 g/mol. The van der Waals surface area contributed by atoms with Crippen LogP contribution in [0.4, 0.5) is 0 Å². The number of likely N-dealkylation sites (tertiary alicyclic amines) is 1. The van der Waals surface area contributed by atoms with Crippen molar-refractivity contribution in [2.45, 2.75) is 38.3 Å². The molecule has 36 heavy (non-hydrogen) atoms. The van der Waals surface area contributed by atoms with Gasteiger partial charge in [-0.25, -0.2) is 0 Å². The highest BCUT2D eigenvalue weighted by molar-refractivity contribution is 6.10. The van der Waals surface area contributed by atoms with E-state index in [9.17, 15) is 14.4 Å². The van der Waals surface area contributed by atoms with Gasteiger partial charge in [-0.05, 0) is 35.7 Å². The van der Waals surface area contributed by atoms with Gasteiger partial charge in [0, 0.05) is 25.9 Å². The molecule has 1 fully saturated rings. The lowest BCUT2D eigenvalue weighted by molar-refractivity contribution is -0.143. The summed E-state index contributed by atoms with van der Waals surface area (Å²) >= 11 is 0. The molecule has 7 nitrogen and oxygen atoms in total. The summed E-state index contributed by atoms with van der Waals surface area (Å²) in [5.74, 6) is 0.438. The van der Waals surface area contributed by atoms with Crippen molar-refractivity contribution in [3.05, 3.63) is 95.6 Å². The zero-order valence-electron chi connectivity index (χ0n) is 20.2. The molecule has 3 amide bonds. The van der Waals surface area contributed by atoms with Gasteiger partial charge in [0.1, 0.15) is 0 Å². The number of amides is 3. The van der Waals surface area contributed by atoms with Gasteiger partial charge in [0.25, 0.3) is 0 Å². The molecule has 3 aromatic carbocycles. The number of ether oxygens (including phenoxy) is 2. The van der Waals surface area contributed by atoms with Crippen LogP contribution in [-0.2, 0) is 32.9 Å². The molecule has 2 aliphatic rings. The minimum absolute atomic E-state index is 0.0466. The van der Waals surface area contributed by atoms with Gasteiger partial charge in [-0.15, -0.1) is 0 Å². The summed E-state index contributed by atoms with van der Waals surface area (Å²) in [5.41, 5.74) is 1.21. The van der Waals surface area contributed by atoms with Crippen molar-refractivity contribution in [3.63, 3.8) is 0 Å². The van der Waals surface area contributed by atoms with Crippen molar-refractivity contribution in [3.8, 4) is 11.5 Å². The van der Waals surface area contributed by atoms with E-state index in [2.05, 4.69) is 0 Å². The molecule has 0 aliphatic carbocycles. The maximum atomic E-state index is 14.0. The summed E-state index contributed by atoms with van der Waals surface area (Å²) < 4.78 is 10.8. The van der Waals surface area contributed by atoms with Crippen molar-refractivity contribution in [1.82, 2.24) is 9.80 Å². The molecule has 0 aromatic heterocycles. The molecule has 1 atom stereocenters. The number of rotatable bonds is 8. The molecule has 0 spiro atoms. The lowest BCUT2D eigenvalue weighted by Crippen LogP contribution is -2.43. The van der Waals surface area contributed by atoms with Crippen LogP contribution in [0.2, 0.25) is 0 Å². The molecule has 0 unspecified atom stereocenters. The Balaban J connectivity index is 1.42. The molecule has 0 radical (unpaired) electrons. The molecule has 1 saturated heterocycles. The molecule has 0 bridgehead atoms. The van der Waals surface area contributed by atoms with Crippen molar-refractivity contribution in [1.29, 1.82) is 0 Å². The molecule has 7 heteroatoms. The van der Waals surface area contributed by atoms with Crippen LogP contribution in [-0.4, -0.2) is 40.9 Å². The van der Waals surface area contributed by atoms with Crippen LogP contribution in [0.25, 0.3) is 0 Å². The number of imide groups is 1. The number of hydrogen-bond acceptors (Lipinski definition) is 5. The smallest absolute Gasteiger partial charge is 0.241 e. The molecule has 0 N–H and O–H groups in total. The average molecular weight is 485 g/mol. The topological polar surface area (TPSA) is 76.2 Å². The molecule has 3 aromatic rings. The van der Waals surface area contributed by atoms with Gasteiger partial charge in [-0.1, -0.05) is 66.7 Å². The SMILES string of the molecule is CCN(Cc1ccccc1)C(=O)C[C@]1(c2ccccc2)CC(=O)N(Cc2ccc3c(c2)OCO3)C1=O. The van der Waals surface area contributed by atoms with E-state index in [0.717, 1.165) is 11.1 Å². The highest BCUT2D eigenvalue weighted by atomic mass is 16.7. The van der Waals surface area contributed by atoms with Crippen molar-refractivity contribution in [2.24, 2.45) is 0 Å². The van der Waals surface area contributed by atoms with Crippen molar-refractivity contribution in [2.75, 3.05) is 13.3 Å². The van der Waals surface area contributed by atoms with E-state index >= 15 is 0 Å². The number of hydrogen-bond donors (Lipinski definition) is 0. The van der Waals surface area contributed by atoms with E-state index in [4.69, 9.17) is 9.47 Å². The Morgan fingerprint density at radius 3 is 2.33 bits per heavy atom. The Hall–Kier alpha value is -4.13. The van der Waals surface area contributed by atoms with Crippen LogP contribution in [0, 0.1) is 0 Å². The van der Waals surface area contributed by atoms with Gasteiger partial charge < -0.3 is 14.4 Å². The van der Waals surface area contributed by atoms with Crippen LogP contribution in [0.15, 0.2) is 78.9 Å². The van der Waals surface area contributed by atoms with Gasteiger partial charge in [0.15, 0.2) is 11.5 Å². The zero-order valence-corrected chi connectivity index (χ0v) is 20.2. The maximum Gasteiger partial charge on any atom is 0.241 e. The van der Waals surface area contributed by atoms with Crippen molar-refractivity contribution < 1.29 is 23.9 Å². The summed E-state index contributed by atoms with van der Waals surface area (Å²) in [6, 6.07) is 24.3. The summed E-state index contributed by atoms with van der Waals surface area (Å²) in [7, 11) is 0. The van der Waals surface area contributed by atoms with Gasteiger partial charge in [-0.2, -0.15) is 0 Å². The summed E-state index contributed by atoms with van der Waals surface area (Å²) in [6.07, 6.45) is -0.116. The van der Waals surface area contributed by atoms with Gasteiger partial charge in [0.2, 0.25) is 24.5 Å². The summed E-state index contributed by atoms with van der Waals surface area (Å²) in [5, 5.41) is 0. The average Bonchev–Trinajstić information content (AvgIpc) is 3.46. The third kappa shape index (κ3) is 4.44. The third-order valence-electron chi connectivity index (χ3n) is 6.92. The normalized spacial score (nSPS) is 18.5. The Morgan fingerprint density at radius 2 is 1.61 bits per heavy atom. The van der Waals surface area contributed by atoms with E-state index < -0.39 is 5.41 Å². The fourth-order valence-electron chi connectivity index (χ4n) is 4.96. The van der Waals surface area contributed by atoms with Crippen LogP contribution >= 0.6 is 0 Å². The number of carbonyl (C=O) groups excluding carboxylic acids is 3. The predicted octanol–water partition coefficient (Wildman–Crippen LogP) is 4.05. The minimum atomic E-state index is -1.24. The Morgan fingerprint density at radius 1 is 0.917 bits per heavy atom. The Labute approximate surface area is 210 Å². The first-order chi connectivity index (χ1) is 17.5. The van der Waals surface area contributed by atoms with Crippen LogP contribution in [0.3, 0.4) is 0 Å². The Bertz CT molecular complexity index is 1280. The van der Waals surface area contributed by atoms with Gasteiger partial charge >= 0.3 is 0 Å². The molecule has 2 heterocycles. The monoisotopic (exact) mass is 484 g/mol. The maximum absolute atomic E-state index is 14.0. The highest BCUT2D eigenvalue weighted by Crippen LogP contribution is 2.41. The number of benzene rings is 3. The largest absolute Gasteiger partial charge is 0.454 e. The molecule has 0 saturated carbocycles. The number of nitrogens with zero attached hydrogens (tertiary/aromatic N) is 2. The fraction of sp³-hybridized carbons (Fsp3) is 0.276. The number of carbonyl (C=O) groups is 3. The quantitative estimate of drug-likeness (QED) is 0.451. The predicted molar refractivity (Wildman–Crippen MR) is 133 cm³/mol. The van der Waals surface area contributed by atoms with Crippen molar-refractivity contribution >= 4 is 17.7 Å². The lowest BCUT2D eigenvalue weighted by atomic mass is 9.75. The second-order valence-electron chi connectivity index (χ2n) is 9.17. The first kappa shape index (κ1) is 23.6. The second-order valence-corrected chi connectivity index (χ2v) is 9.17. The number of fused-ring (bicyclic) bond motifs is 1. The molecular formula is C29H28N2O5. The lowest BCUT2D eigenvalue weighted by Gasteiger charge is -2.30. The molecule has 2 aliphatic heterocycles. The summed E-state index contributed by atoms with van der Waals surface area (Å²) in [4.78, 5) is 43.8. The summed E-state index contributed by atoms with van der Waals surface area (Å²) in [6.45, 7) is 3.13. The first-order valence-electron chi connectivity index (χ1n) is 12.1. The second kappa shape index (κ2) is 9.85. The standard InChI is InChI=1S/C29H28N2O5/c1-2-30(18-21-9-5-3-6-10-21)26(32)16-29(23-11-7-4-8-12-23)17-27(33)31(28(29)34)19-22-13-14-24-25(15-22)36-20-35-24/h3-15H,2,16-20H2,1H3/t29-/m1/s1. The van der Waals surface area contributed by atoms with E-state index in [0.29, 0.717) is 30.2 Å². The highest BCUT2D eigenvalue weighted by Gasteiger charge is 2.54. The minimum Gasteiger partial charge on any atom is -0.454 e. The van der Waals surface area contributed by atoms with Gasteiger partial charge in [0.05, 0.1) is 12.0 Å². The van der Waals surface area contributed by atoms with Crippen LogP contribution in [0.1, 0.15) is 36.5 Å². The third-order valence-corrected chi connectivity index (χ3v) is 6.92. The fourth-order valence-corrected chi connectivity index (χ4v) is 4.96. The van der Waals surface area contributed by atoms with E-state index in [1.807, 2.05) is 73.7 Å². The van der Waals surface area contributed by atoms with E-state index in [-0.39, 0.29) is 43.9 Å². The van der Waals surface area contributed by atoms with E-state index in [1.165, 1.54) is 4.90 Å². The molecule has 5 rings (SSSR count).